The summed E-state index contributed by atoms with van der Waals surface area (Å²) < 4.78 is 0. The smallest absolute Gasteiger partial charge is 0.224 e. The van der Waals surface area contributed by atoms with E-state index >= 15 is 0 Å². The number of amides is 1. The molecule has 3 nitrogen and oxygen atoms in total. The fraction of sp³-hybridized carbons (Fsp3) is 0.200. The van der Waals surface area contributed by atoms with Crippen molar-refractivity contribution in [3.05, 3.63) is 71.4 Å². The van der Waals surface area contributed by atoms with Crippen LogP contribution in [0.2, 0.25) is 0 Å². The van der Waals surface area contributed by atoms with Crippen molar-refractivity contribution in [2.24, 2.45) is 0 Å². The highest BCUT2D eigenvalue weighted by Gasteiger charge is 2.07. The van der Waals surface area contributed by atoms with Crippen LogP contribution in [0.25, 0.3) is 10.9 Å². The van der Waals surface area contributed by atoms with Crippen LogP contribution in [-0.2, 0) is 11.2 Å². The van der Waals surface area contributed by atoms with Gasteiger partial charge in [0.2, 0.25) is 5.91 Å². The third-order valence-corrected chi connectivity index (χ3v) is 3.89. The first-order valence-electron chi connectivity index (χ1n) is 7.83. The Labute approximate surface area is 136 Å². The molecule has 116 valence electrons. The summed E-state index contributed by atoms with van der Waals surface area (Å²) in [6.45, 7) is 4.02. The zero-order chi connectivity index (χ0) is 16.2. The van der Waals surface area contributed by atoms with Gasteiger partial charge in [-0.15, -0.1) is 0 Å². The second kappa shape index (κ2) is 6.61. The summed E-state index contributed by atoms with van der Waals surface area (Å²) in [5, 5.41) is 4.03. The predicted molar refractivity (Wildman–Crippen MR) is 94.6 cm³/mol. The molecule has 0 saturated heterocycles. The molecule has 0 aliphatic heterocycles. The third kappa shape index (κ3) is 3.75. The van der Waals surface area contributed by atoms with Crippen LogP contribution in [0.1, 0.15) is 23.2 Å². The summed E-state index contributed by atoms with van der Waals surface area (Å²) in [6, 6.07) is 18.1. The van der Waals surface area contributed by atoms with E-state index < -0.39 is 0 Å². The van der Waals surface area contributed by atoms with Crippen LogP contribution in [0.3, 0.4) is 0 Å². The molecular formula is C20H20N2O. The first-order chi connectivity index (χ1) is 11.1. The third-order valence-electron chi connectivity index (χ3n) is 3.89. The number of carbonyl (C=O) groups is 1. The van der Waals surface area contributed by atoms with Crippen LogP contribution in [0.5, 0.6) is 0 Å². The van der Waals surface area contributed by atoms with Gasteiger partial charge in [-0.05, 0) is 38.0 Å². The monoisotopic (exact) mass is 304 g/mol. The van der Waals surface area contributed by atoms with Gasteiger partial charge < -0.3 is 5.32 Å². The number of nitrogens with zero attached hydrogens (tertiary/aromatic N) is 1. The molecule has 0 aliphatic carbocycles. The molecule has 3 rings (SSSR count). The minimum absolute atomic E-state index is 0.0152. The van der Waals surface area contributed by atoms with E-state index in [4.69, 9.17) is 0 Å². The summed E-state index contributed by atoms with van der Waals surface area (Å²) >= 11 is 0. The minimum atomic E-state index is 0.0152. The molecule has 1 heterocycles. The molecule has 0 aliphatic rings. The SMILES string of the molecule is Cc1ccc(CCC(=O)Nc2cccc3ccc(C)nc23)cc1. The zero-order valence-corrected chi connectivity index (χ0v) is 13.5. The average molecular weight is 304 g/mol. The maximum atomic E-state index is 12.2. The van der Waals surface area contributed by atoms with E-state index in [1.807, 2.05) is 37.3 Å². The molecule has 0 radical (unpaired) electrons. The van der Waals surface area contributed by atoms with E-state index in [9.17, 15) is 4.79 Å². The molecule has 0 atom stereocenters. The fourth-order valence-electron chi connectivity index (χ4n) is 2.57. The number of hydrogen-bond acceptors (Lipinski definition) is 2. The van der Waals surface area contributed by atoms with Gasteiger partial charge in [-0.2, -0.15) is 0 Å². The Morgan fingerprint density at radius 3 is 2.57 bits per heavy atom. The Kier molecular flexibility index (Phi) is 4.38. The summed E-state index contributed by atoms with van der Waals surface area (Å²) in [5.74, 6) is 0.0152. The van der Waals surface area contributed by atoms with Crippen molar-refractivity contribution in [1.29, 1.82) is 0 Å². The van der Waals surface area contributed by atoms with Gasteiger partial charge in [-0.1, -0.05) is 48.0 Å². The minimum Gasteiger partial charge on any atom is -0.324 e. The van der Waals surface area contributed by atoms with Gasteiger partial charge in [0, 0.05) is 17.5 Å². The Morgan fingerprint density at radius 2 is 1.78 bits per heavy atom. The summed E-state index contributed by atoms with van der Waals surface area (Å²) in [6.07, 6.45) is 1.20. The van der Waals surface area contributed by atoms with E-state index in [0.717, 1.165) is 28.7 Å². The number of pyridine rings is 1. The first kappa shape index (κ1) is 15.2. The van der Waals surface area contributed by atoms with Crippen LogP contribution in [0.4, 0.5) is 5.69 Å². The second-order valence-corrected chi connectivity index (χ2v) is 5.86. The van der Waals surface area contributed by atoms with E-state index in [0.29, 0.717) is 6.42 Å². The lowest BCUT2D eigenvalue weighted by atomic mass is 10.1. The largest absolute Gasteiger partial charge is 0.324 e. The molecule has 0 unspecified atom stereocenters. The Bertz CT molecular complexity index is 838. The van der Waals surface area contributed by atoms with E-state index in [-0.39, 0.29) is 5.91 Å². The molecule has 0 spiro atoms. The van der Waals surface area contributed by atoms with Crippen molar-refractivity contribution in [1.82, 2.24) is 4.98 Å². The number of aryl methyl sites for hydroxylation is 3. The zero-order valence-electron chi connectivity index (χ0n) is 13.5. The van der Waals surface area contributed by atoms with Gasteiger partial charge in [0.05, 0.1) is 11.2 Å². The lowest BCUT2D eigenvalue weighted by Crippen LogP contribution is -2.13. The van der Waals surface area contributed by atoms with Crippen LogP contribution in [0, 0.1) is 13.8 Å². The quantitative estimate of drug-likeness (QED) is 0.775. The summed E-state index contributed by atoms with van der Waals surface area (Å²) in [7, 11) is 0. The van der Waals surface area contributed by atoms with Crippen LogP contribution in [-0.4, -0.2) is 10.9 Å². The Morgan fingerprint density at radius 1 is 1.00 bits per heavy atom. The van der Waals surface area contributed by atoms with Gasteiger partial charge in [-0.3, -0.25) is 9.78 Å². The summed E-state index contributed by atoms with van der Waals surface area (Å²) in [5.41, 5.74) is 4.98. The Balaban J connectivity index is 1.70. The van der Waals surface area contributed by atoms with Crippen molar-refractivity contribution >= 4 is 22.5 Å². The molecule has 1 amide bonds. The molecule has 0 bridgehead atoms. The average Bonchev–Trinajstić information content (AvgIpc) is 2.55. The van der Waals surface area contributed by atoms with Gasteiger partial charge in [-0.25, -0.2) is 0 Å². The molecule has 3 heteroatoms. The van der Waals surface area contributed by atoms with Gasteiger partial charge >= 0.3 is 0 Å². The highest BCUT2D eigenvalue weighted by atomic mass is 16.1. The topological polar surface area (TPSA) is 42.0 Å². The van der Waals surface area contributed by atoms with Crippen molar-refractivity contribution in [2.45, 2.75) is 26.7 Å². The number of anilines is 1. The van der Waals surface area contributed by atoms with Crippen LogP contribution < -0.4 is 5.32 Å². The number of para-hydroxylation sites is 1. The van der Waals surface area contributed by atoms with E-state index in [1.54, 1.807) is 0 Å². The molecular weight excluding hydrogens is 284 g/mol. The maximum absolute atomic E-state index is 12.2. The predicted octanol–water partition coefficient (Wildman–Crippen LogP) is 4.42. The number of hydrogen-bond donors (Lipinski definition) is 1. The van der Waals surface area contributed by atoms with Gasteiger partial charge in [0.25, 0.3) is 0 Å². The number of benzene rings is 2. The van der Waals surface area contributed by atoms with Crippen molar-refractivity contribution in [3.63, 3.8) is 0 Å². The number of aromatic nitrogens is 1. The van der Waals surface area contributed by atoms with Crippen molar-refractivity contribution < 1.29 is 4.79 Å². The highest BCUT2D eigenvalue weighted by Crippen LogP contribution is 2.22. The number of carbonyl (C=O) groups excluding carboxylic acids is 1. The molecule has 1 N–H and O–H groups in total. The van der Waals surface area contributed by atoms with Crippen LogP contribution >= 0.6 is 0 Å². The number of fused-ring (bicyclic) bond motifs is 1. The normalized spacial score (nSPS) is 10.7. The highest BCUT2D eigenvalue weighted by molar-refractivity contribution is 6.00. The molecule has 2 aromatic carbocycles. The van der Waals surface area contributed by atoms with E-state index in [1.165, 1.54) is 11.1 Å². The first-order valence-corrected chi connectivity index (χ1v) is 7.83. The van der Waals surface area contributed by atoms with Gasteiger partial charge in [0.15, 0.2) is 0 Å². The summed E-state index contributed by atoms with van der Waals surface area (Å²) in [4.78, 5) is 16.8. The lowest BCUT2D eigenvalue weighted by Gasteiger charge is -2.09. The lowest BCUT2D eigenvalue weighted by molar-refractivity contribution is -0.116. The van der Waals surface area contributed by atoms with Crippen molar-refractivity contribution in [2.75, 3.05) is 5.32 Å². The standard InChI is InChI=1S/C20H20N2O/c1-14-6-9-16(10-7-14)11-13-19(23)22-18-5-3-4-17-12-8-15(2)21-20(17)18/h3-10,12H,11,13H2,1-2H3,(H,22,23). The molecule has 3 aromatic rings. The van der Waals surface area contributed by atoms with Gasteiger partial charge in [0.1, 0.15) is 0 Å². The number of nitrogens with one attached hydrogen (secondary N) is 1. The molecule has 0 fully saturated rings. The van der Waals surface area contributed by atoms with E-state index in [2.05, 4.69) is 41.5 Å². The second-order valence-electron chi connectivity index (χ2n) is 5.86. The number of rotatable bonds is 4. The van der Waals surface area contributed by atoms with Crippen LogP contribution in [0.15, 0.2) is 54.6 Å². The molecule has 23 heavy (non-hydrogen) atoms. The fourth-order valence-corrected chi connectivity index (χ4v) is 2.57. The van der Waals surface area contributed by atoms with Crippen molar-refractivity contribution in [3.8, 4) is 0 Å². The molecule has 0 saturated carbocycles. The maximum Gasteiger partial charge on any atom is 0.224 e. The molecule has 1 aromatic heterocycles. The Hall–Kier alpha value is -2.68.